The van der Waals surface area contributed by atoms with E-state index in [0.29, 0.717) is 12.0 Å². The number of carbonyl (C=O) groups is 1. The van der Waals surface area contributed by atoms with Crippen molar-refractivity contribution in [1.82, 2.24) is 0 Å². The molecule has 0 aromatic heterocycles. The molecule has 2 nitrogen and oxygen atoms in total. The minimum absolute atomic E-state index is 0.0705. The third-order valence-corrected chi connectivity index (χ3v) is 3.84. The molecule has 1 saturated carbocycles. The summed E-state index contributed by atoms with van der Waals surface area (Å²) in [5.41, 5.74) is 6.48. The van der Waals surface area contributed by atoms with E-state index in [0.717, 1.165) is 25.7 Å². The molecule has 0 saturated heterocycles. The van der Waals surface area contributed by atoms with Gasteiger partial charge in [-0.3, -0.25) is 4.79 Å². The third kappa shape index (κ3) is 3.30. The van der Waals surface area contributed by atoms with Gasteiger partial charge >= 0.3 is 0 Å². The van der Waals surface area contributed by atoms with E-state index in [1.807, 2.05) is 0 Å². The molecule has 0 spiro atoms. The zero-order valence-electron chi connectivity index (χ0n) is 10.2. The molecule has 1 aromatic carbocycles. The van der Waals surface area contributed by atoms with Gasteiger partial charge in [-0.1, -0.05) is 30.5 Å². The summed E-state index contributed by atoms with van der Waals surface area (Å²) in [6, 6.07) is 4.48. The van der Waals surface area contributed by atoms with Crippen LogP contribution in [0.2, 0.25) is 5.02 Å². The number of ketones is 1. The SMILES string of the molecule is NC1(CC(=O)Cc2ccc(Cl)c(F)c2)CCCC1. The molecule has 0 aliphatic heterocycles. The minimum atomic E-state index is -0.481. The van der Waals surface area contributed by atoms with Gasteiger partial charge in [-0.15, -0.1) is 0 Å². The van der Waals surface area contributed by atoms with Gasteiger partial charge in [0.2, 0.25) is 0 Å². The second-order valence-corrected chi connectivity index (χ2v) is 5.62. The molecular formula is C14H17ClFNO. The summed E-state index contributed by atoms with van der Waals surface area (Å²) >= 11 is 5.60. The maximum absolute atomic E-state index is 13.2. The number of nitrogens with two attached hydrogens (primary N) is 1. The summed E-state index contributed by atoms with van der Waals surface area (Å²) in [7, 11) is 0. The molecule has 1 aromatic rings. The van der Waals surface area contributed by atoms with E-state index in [4.69, 9.17) is 17.3 Å². The Morgan fingerprint density at radius 1 is 1.39 bits per heavy atom. The molecule has 1 aliphatic carbocycles. The lowest BCUT2D eigenvalue weighted by molar-refractivity contribution is -0.119. The lowest BCUT2D eigenvalue weighted by atomic mass is 9.90. The minimum Gasteiger partial charge on any atom is -0.325 e. The van der Waals surface area contributed by atoms with E-state index in [1.165, 1.54) is 12.1 Å². The average molecular weight is 270 g/mol. The third-order valence-electron chi connectivity index (χ3n) is 3.53. The van der Waals surface area contributed by atoms with Crippen molar-refractivity contribution in [3.8, 4) is 0 Å². The van der Waals surface area contributed by atoms with Crippen LogP contribution in [-0.2, 0) is 11.2 Å². The van der Waals surface area contributed by atoms with E-state index < -0.39 is 5.82 Å². The molecule has 4 heteroatoms. The Balaban J connectivity index is 1.96. The van der Waals surface area contributed by atoms with E-state index in [1.54, 1.807) is 6.07 Å². The van der Waals surface area contributed by atoms with Crippen LogP contribution in [0.25, 0.3) is 0 Å². The lowest BCUT2D eigenvalue weighted by Gasteiger charge is -2.22. The first-order chi connectivity index (χ1) is 8.48. The van der Waals surface area contributed by atoms with Gasteiger partial charge in [0.05, 0.1) is 5.02 Å². The maximum atomic E-state index is 13.2. The zero-order valence-corrected chi connectivity index (χ0v) is 11.0. The predicted molar refractivity (Wildman–Crippen MR) is 70.1 cm³/mol. The molecule has 0 bridgehead atoms. The van der Waals surface area contributed by atoms with Crippen LogP contribution >= 0.6 is 11.6 Å². The molecule has 18 heavy (non-hydrogen) atoms. The highest BCUT2D eigenvalue weighted by Gasteiger charge is 2.31. The van der Waals surface area contributed by atoms with Crippen LogP contribution in [0.15, 0.2) is 18.2 Å². The van der Waals surface area contributed by atoms with Crippen LogP contribution in [0, 0.1) is 5.82 Å². The number of hydrogen-bond donors (Lipinski definition) is 1. The van der Waals surface area contributed by atoms with Crippen LogP contribution < -0.4 is 5.73 Å². The number of benzene rings is 1. The summed E-state index contributed by atoms with van der Waals surface area (Å²) in [6.45, 7) is 0. The quantitative estimate of drug-likeness (QED) is 0.912. The van der Waals surface area contributed by atoms with Gasteiger partial charge in [-0.25, -0.2) is 4.39 Å². The Hall–Kier alpha value is -0.930. The van der Waals surface area contributed by atoms with E-state index in [9.17, 15) is 9.18 Å². The monoisotopic (exact) mass is 269 g/mol. The Bertz CT molecular complexity index is 455. The number of rotatable bonds is 4. The summed E-state index contributed by atoms with van der Waals surface area (Å²) in [5, 5.41) is 0.0808. The number of hydrogen-bond acceptors (Lipinski definition) is 2. The molecule has 2 rings (SSSR count). The first-order valence-corrected chi connectivity index (χ1v) is 6.61. The van der Waals surface area contributed by atoms with Crippen LogP contribution in [0.4, 0.5) is 4.39 Å². The first-order valence-electron chi connectivity index (χ1n) is 6.23. The van der Waals surface area contributed by atoms with Gasteiger partial charge in [-0.2, -0.15) is 0 Å². The van der Waals surface area contributed by atoms with Gasteiger partial charge < -0.3 is 5.73 Å². The number of Topliss-reactive ketones (excluding diaryl/α,β-unsaturated/α-hetero) is 1. The van der Waals surface area contributed by atoms with Crippen molar-refractivity contribution in [2.24, 2.45) is 5.73 Å². The first kappa shape index (κ1) is 13.5. The van der Waals surface area contributed by atoms with Crippen LogP contribution in [0.5, 0.6) is 0 Å². The fraction of sp³-hybridized carbons (Fsp3) is 0.500. The van der Waals surface area contributed by atoms with Gasteiger partial charge in [0, 0.05) is 18.4 Å². The Morgan fingerprint density at radius 3 is 2.67 bits per heavy atom. The molecule has 0 heterocycles. The van der Waals surface area contributed by atoms with Gasteiger partial charge in [0.1, 0.15) is 11.6 Å². The predicted octanol–water partition coefficient (Wildman–Crippen LogP) is 3.25. The van der Waals surface area contributed by atoms with E-state index >= 15 is 0 Å². The summed E-state index contributed by atoms with van der Waals surface area (Å²) in [5.74, 6) is -0.411. The van der Waals surface area contributed by atoms with Crippen molar-refractivity contribution in [3.63, 3.8) is 0 Å². The van der Waals surface area contributed by atoms with Gasteiger partial charge in [0.15, 0.2) is 0 Å². The molecule has 0 radical (unpaired) electrons. The molecule has 98 valence electrons. The van der Waals surface area contributed by atoms with Crippen molar-refractivity contribution in [1.29, 1.82) is 0 Å². The van der Waals surface area contributed by atoms with Crippen molar-refractivity contribution < 1.29 is 9.18 Å². The maximum Gasteiger partial charge on any atom is 0.142 e. The Morgan fingerprint density at radius 2 is 2.06 bits per heavy atom. The number of halogens is 2. The normalized spacial score (nSPS) is 17.9. The highest BCUT2D eigenvalue weighted by molar-refractivity contribution is 6.30. The molecule has 2 N–H and O–H groups in total. The van der Waals surface area contributed by atoms with Crippen LogP contribution in [-0.4, -0.2) is 11.3 Å². The van der Waals surface area contributed by atoms with Crippen LogP contribution in [0.3, 0.4) is 0 Å². The van der Waals surface area contributed by atoms with Crippen molar-refractivity contribution in [2.45, 2.75) is 44.1 Å². The lowest BCUT2D eigenvalue weighted by Crippen LogP contribution is -2.39. The fourth-order valence-corrected chi connectivity index (χ4v) is 2.71. The average Bonchev–Trinajstić information content (AvgIpc) is 2.70. The summed E-state index contributed by atoms with van der Waals surface area (Å²) in [6.07, 6.45) is 4.63. The summed E-state index contributed by atoms with van der Waals surface area (Å²) < 4.78 is 13.2. The molecule has 1 aliphatic rings. The van der Waals surface area contributed by atoms with E-state index in [-0.39, 0.29) is 22.8 Å². The largest absolute Gasteiger partial charge is 0.325 e. The second kappa shape index (κ2) is 5.37. The topological polar surface area (TPSA) is 43.1 Å². The molecule has 1 fully saturated rings. The van der Waals surface area contributed by atoms with Gasteiger partial charge in [0.25, 0.3) is 0 Å². The molecule has 0 unspecified atom stereocenters. The zero-order chi connectivity index (χ0) is 13.2. The standard InChI is InChI=1S/C14H17ClFNO/c15-12-4-3-10(8-13(12)16)7-11(18)9-14(17)5-1-2-6-14/h3-4,8H,1-2,5-7,9,17H2. The Kier molecular flexibility index (Phi) is 4.03. The van der Waals surface area contributed by atoms with Crippen molar-refractivity contribution >= 4 is 17.4 Å². The second-order valence-electron chi connectivity index (χ2n) is 5.21. The van der Waals surface area contributed by atoms with Crippen molar-refractivity contribution in [2.75, 3.05) is 0 Å². The fourth-order valence-electron chi connectivity index (χ4n) is 2.59. The molecule has 0 atom stereocenters. The Labute approximate surface area is 111 Å². The molecule has 0 amide bonds. The molecular weight excluding hydrogens is 253 g/mol. The smallest absolute Gasteiger partial charge is 0.142 e. The highest BCUT2D eigenvalue weighted by atomic mass is 35.5. The van der Waals surface area contributed by atoms with E-state index in [2.05, 4.69) is 0 Å². The van der Waals surface area contributed by atoms with Crippen molar-refractivity contribution in [3.05, 3.63) is 34.6 Å². The highest BCUT2D eigenvalue weighted by Crippen LogP contribution is 2.30. The summed E-state index contributed by atoms with van der Waals surface area (Å²) in [4.78, 5) is 11.9. The van der Waals surface area contributed by atoms with Crippen LogP contribution in [0.1, 0.15) is 37.7 Å². The number of carbonyl (C=O) groups excluding carboxylic acids is 1. The van der Waals surface area contributed by atoms with Gasteiger partial charge in [-0.05, 0) is 30.5 Å².